The number of nitrogens with one attached hydrogen (secondary N) is 1. The second-order valence-corrected chi connectivity index (χ2v) is 3.30. The van der Waals surface area contributed by atoms with Gasteiger partial charge in [0.05, 0.1) is 12.5 Å². The lowest BCUT2D eigenvalue weighted by atomic mass is 10.1. The first-order valence-electron chi connectivity index (χ1n) is 4.79. The maximum Gasteiger partial charge on any atom is 0.237 e. The number of terminal acetylenes is 1. The van der Waals surface area contributed by atoms with E-state index >= 15 is 0 Å². The Labute approximate surface area is 89.6 Å². The molecule has 0 aliphatic carbocycles. The van der Waals surface area contributed by atoms with E-state index < -0.39 is 17.9 Å². The van der Waals surface area contributed by atoms with Gasteiger partial charge in [-0.3, -0.25) is 9.59 Å². The molecule has 0 aromatic rings. The van der Waals surface area contributed by atoms with Gasteiger partial charge in [0, 0.05) is 12.5 Å². The van der Waals surface area contributed by atoms with Crippen molar-refractivity contribution in [2.75, 3.05) is 0 Å². The van der Waals surface area contributed by atoms with Crippen molar-refractivity contribution >= 4 is 11.8 Å². The molecular formula is C10H17N3O2. The van der Waals surface area contributed by atoms with Crippen molar-refractivity contribution < 1.29 is 9.59 Å². The Kier molecular flexibility index (Phi) is 6.14. The lowest BCUT2D eigenvalue weighted by Crippen LogP contribution is -2.46. The van der Waals surface area contributed by atoms with Crippen LogP contribution in [0.4, 0.5) is 0 Å². The van der Waals surface area contributed by atoms with E-state index in [1.54, 1.807) is 0 Å². The largest absolute Gasteiger partial charge is 0.370 e. The summed E-state index contributed by atoms with van der Waals surface area (Å²) in [7, 11) is 0. The van der Waals surface area contributed by atoms with Gasteiger partial charge in [0.25, 0.3) is 0 Å². The van der Waals surface area contributed by atoms with Gasteiger partial charge in [-0.05, 0) is 6.42 Å². The van der Waals surface area contributed by atoms with E-state index in [1.165, 1.54) is 0 Å². The van der Waals surface area contributed by atoms with E-state index in [-0.39, 0.29) is 12.5 Å². The van der Waals surface area contributed by atoms with Crippen molar-refractivity contribution in [3.05, 3.63) is 0 Å². The highest BCUT2D eigenvalue weighted by molar-refractivity contribution is 5.87. The van der Waals surface area contributed by atoms with Crippen LogP contribution in [0.2, 0.25) is 0 Å². The minimum absolute atomic E-state index is 0.0959. The number of amides is 2. The molecule has 0 aliphatic rings. The molecule has 2 atom stereocenters. The van der Waals surface area contributed by atoms with Crippen LogP contribution in [0, 0.1) is 12.3 Å². The van der Waals surface area contributed by atoms with E-state index in [2.05, 4.69) is 11.2 Å². The van der Waals surface area contributed by atoms with E-state index in [9.17, 15) is 9.59 Å². The highest BCUT2D eigenvalue weighted by atomic mass is 16.2. The third-order valence-corrected chi connectivity index (χ3v) is 1.96. The Morgan fingerprint density at radius 2 is 2.13 bits per heavy atom. The number of rotatable bonds is 6. The maximum atomic E-state index is 11.4. The predicted molar refractivity (Wildman–Crippen MR) is 57.5 cm³/mol. The molecule has 5 N–H and O–H groups in total. The molecule has 2 amide bonds. The number of hydrogen-bond acceptors (Lipinski definition) is 3. The highest BCUT2D eigenvalue weighted by Crippen LogP contribution is 1.97. The first-order chi connectivity index (χ1) is 7.01. The molecule has 0 bridgehead atoms. The molecule has 0 saturated carbocycles. The molecule has 0 radical (unpaired) electrons. The van der Waals surface area contributed by atoms with Crippen LogP contribution in [0.15, 0.2) is 0 Å². The molecule has 0 aromatic heterocycles. The van der Waals surface area contributed by atoms with Gasteiger partial charge in [-0.2, -0.15) is 0 Å². The Morgan fingerprint density at radius 1 is 1.53 bits per heavy atom. The second kappa shape index (κ2) is 6.85. The molecule has 0 fully saturated rings. The van der Waals surface area contributed by atoms with Crippen molar-refractivity contribution in [2.45, 2.75) is 38.3 Å². The van der Waals surface area contributed by atoms with Gasteiger partial charge in [-0.15, -0.1) is 12.3 Å². The summed E-state index contributed by atoms with van der Waals surface area (Å²) >= 11 is 0. The summed E-state index contributed by atoms with van der Waals surface area (Å²) < 4.78 is 0. The Hall–Kier alpha value is -1.54. The number of nitrogens with two attached hydrogens (primary N) is 2. The summed E-state index contributed by atoms with van der Waals surface area (Å²) in [5.74, 6) is 1.47. The lowest BCUT2D eigenvalue weighted by Gasteiger charge is -2.17. The van der Waals surface area contributed by atoms with Gasteiger partial charge in [0.1, 0.15) is 0 Å². The first kappa shape index (κ1) is 13.5. The highest BCUT2D eigenvalue weighted by Gasteiger charge is 2.18. The van der Waals surface area contributed by atoms with Gasteiger partial charge >= 0.3 is 0 Å². The van der Waals surface area contributed by atoms with Crippen molar-refractivity contribution in [3.63, 3.8) is 0 Å². The third kappa shape index (κ3) is 5.70. The predicted octanol–water partition coefficient (Wildman–Crippen LogP) is -0.893. The minimum Gasteiger partial charge on any atom is -0.370 e. The number of carbonyl (C=O) groups excluding carboxylic acids is 2. The van der Waals surface area contributed by atoms with Gasteiger partial charge in [-0.25, -0.2) is 0 Å². The fourth-order valence-corrected chi connectivity index (χ4v) is 1.06. The van der Waals surface area contributed by atoms with Crippen LogP contribution in [-0.4, -0.2) is 23.9 Å². The van der Waals surface area contributed by atoms with Crippen molar-refractivity contribution in [3.8, 4) is 12.3 Å². The molecule has 84 valence electrons. The second-order valence-electron chi connectivity index (χ2n) is 3.30. The summed E-state index contributed by atoms with van der Waals surface area (Å²) in [5, 5.41) is 2.66. The molecular weight excluding hydrogens is 194 g/mol. The molecule has 0 rings (SSSR count). The molecule has 5 nitrogen and oxygen atoms in total. The molecule has 2 unspecified atom stereocenters. The van der Waals surface area contributed by atoms with Crippen LogP contribution in [0.5, 0.6) is 0 Å². The summed E-state index contributed by atoms with van der Waals surface area (Å²) in [4.78, 5) is 21.9. The number of primary amides is 1. The van der Waals surface area contributed by atoms with Crippen LogP contribution in [0.3, 0.4) is 0 Å². The monoisotopic (exact) mass is 211 g/mol. The molecule has 0 spiro atoms. The maximum absolute atomic E-state index is 11.4. The zero-order valence-electron chi connectivity index (χ0n) is 8.82. The molecule has 0 heterocycles. The number of carbonyl (C=O) groups is 2. The summed E-state index contributed by atoms with van der Waals surface area (Å²) in [6.07, 6.45) is 6.15. The van der Waals surface area contributed by atoms with E-state index in [0.29, 0.717) is 6.42 Å². The smallest absolute Gasteiger partial charge is 0.237 e. The standard InChI is InChI=1S/C10H17N3O2/c1-3-5-7(4-2)13-10(15)8(11)6-9(12)14/h1,7-8H,4-6,11H2,2H3,(H2,12,14)(H,13,15). The van der Waals surface area contributed by atoms with E-state index in [4.69, 9.17) is 17.9 Å². The SMILES string of the molecule is C#CCC(CC)NC(=O)C(N)CC(N)=O. The molecule has 0 aliphatic heterocycles. The molecule has 0 aromatic carbocycles. The van der Waals surface area contributed by atoms with Crippen LogP contribution in [0.25, 0.3) is 0 Å². The Bertz CT molecular complexity index is 270. The zero-order valence-corrected chi connectivity index (χ0v) is 8.82. The Morgan fingerprint density at radius 3 is 2.53 bits per heavy atom. The van der Waals surface area contributed by atoms with Gasteiger partial charge in [0.2, 0.25) is 11.8 Å². The average Bonchev–Trinajstić information content (AvgIpc) is 2.15. The van der Waals surface area contributed by atoms with Gasteiger partial charge in [0.15, 0.2) is 0 Å². The van der Waals surface area contributed by atoms with Crippen molar-refractivity contribution in [1.82, 2.24) is 5.32 Å². The van der Waals surface area contributed by atoms with Crippen LogP contribution in [-0.2, 0) is 9.59 Å². The first-order valence-corrected chi connectivity index (χ1v) is 4.79. The topological polar surface area (TPSA) is 98.2 Å². The molecule has 15 heavy (non-hydrogen) atoms. The average molecular weight is 211 g/mol. The summed E-state index contributed by atoms with van der Waals surface area (Å²) in [5.41, 5.74) is 10.4. The van der Waals surface area contributed by atoms with Gasteiger partial charge < -0.3 is 16.8 Å². The summed E-state index contributed by atoms with van der Waals surface area (Å²) in [6.45, 7) is 1.90. The van der Waals surface area contributed by atoms with Crippen LogP contribution >= 0.6 is 0 Å². The van der Waals surface area contributed by atoms with Crippen LogP contribution < -0.4 is 16.8 Å². The minimum atomic E-state index is -0.894. The quantitative estimate of drug-likeness (QED) is 0.497. The lowest BCUT2D eigenvalue weighted by molar-refractivity contribution is -0.126. The van der Waals surface area contributed by atoms with Gasteiger partial charge in [-0.1, -0.05) is 6.92 Å². The summed E-state index contributed by atoms with van der Waals surface area (Å²) in [6, 6.07) is -0.990. The van der Waals surface area contributed by atoms with E-state index in [1.807, 2.05) is 6.92 Å². The van der Waals surface area contributed by atoms with Crippen LogP contribution in [0.1, 0.15) is 26.2 Å². The third-order valence-electron chi connectivity index (χ3n) is 1.96. The normalized spacial score (nSPS) is 13.7. The van der Waals surface area contributed by atoms with E-state index in [0.717, 1.165) is 6.42 Å². The fraction of sp³-hybridized carbons (Fsp3) is 0.600. The molecule has 5 heteroatoms. The van der Waals surface area contributed by atoms with Crippen molar-refractivity contribution in [1.29, 1.82) is 0 Å². The Balaban J connectivity index is 4.10. The molecule has 0 saturated heterocycles. The zero-order chi connectivity index (χ0) is 11.8. The number of hydrogen-bond donors (Lipinski definition) is 3. The fourth-order valence-electron chi connectivity index (χ4n) is 1.06. The van der Waals surface area contributed by atoms with Crippen molar-refractivity contribution in [2.24, 2.45) is 11.5 Å².